The van der Waals surface area contributed by atoms with E-state index in [9.17, 15) is 19.5 Å². The summed E-state index contributed by atoms with van der Waals surface area (Å²) in [4.78, 5) is 43.6. The predicted molar refractivity (Wildman–Crippen MR) is 128 cm³/mol. The van der Waals surface area contributed by atoms with E-state index in [4.69, 9.17) is 9.47 Å². The molecule has 2 N–H and O–H groups in total. The first-order valence-electron chi connectivity index (χ1n) is 10.9. The molecule has 9 heteroatoms. The Hall–Kier alpha value is -3.72. The van der Waals surface area contributed by atoms with Gasteiger partial charge in [-0.1, -0.05) is 6.92 Å². The number of nitrogens with zero attached hydrogens (tertiary/aromatic N) is 1. The third-order valence-electron chi connectivity index (χ3n) is 5.49. The topological polar surface area (TPSA) is 115 Å². The van der Waals surface area contributed by atoms with Gasteiger partial charge in [0.1, 0.15) is 11.4 Å². The van der Waals surface area contributed by atoms with Crippen LogP contribution in [0.1, 0.15) is 55.1 Å². The quantitative estimate of drug-likeness (QED) is 0.504. The van der Waals surface area contributed by atoms with Crippen LogP contribution in [0.15, 0.2) is 30.3 Å². The van der Waals surface area contributed by atoms with Crippen LogP contribution in [0, 0.1) is 6.92 Å². The summed E-state index contributed by atoms with van der Waals surface area (Å²) in [6.45, 7) is 4.84. The van der Waals surface area contributed by atoms with Gasteiger partial charge in [0.25, 0.3) is 5.91 Å². The van der Waals surface area contributed by atoms with Crippen molar-refractivity contribution in [3.63, 3.8) is 0 Å². The molecule has 0 saturated heterocycles. The van der Waals surface area contributed by atoms with Crippen LogP contribution < -0.4 is 10.1 Å². The normalized spacial score (nSPS) is 12.1. The Morgan fingerprint density at radius 2 is 1.97 bits per heavy atom. The Balaban J connectivity index is 1.90. The number of carboxylic acid groups (broad SMARTS) is 1. The molecule has 3 heterocycles. The number of thiophene rings is 1. The molecule has 2 aromatic heterocycles. The van der Waals surface area contributed by atoms with Gasteiger partial charge in [0.05, 0.1) is 19.3 Å². The monoisotopic (exact) mass is 480 g/mol. The number of carbonyl (C=O) groups excluding carboxylic acids is 2. The maximum Gasteiger partial charge on any atom is 0.357 e. The zero-order valence-electron chi connectivity index (χ0n) is 19.1. The molecule has 0 radical (unpaired) electrons. The van der Waals surface area contributed by atoms with E-state index >= 15 is 0 Å². The molecule has 0 bridgehead atoms. The van der Waals surface area contributed by atoms with Crippen LogP contribution >= 0.6 is 11.3 Å². The summed E-state index contributed by atoms with van der Waals surface area (Å²) in [5.41, 5.74) is 2.22. The number of aromatic carboxylic acids is 1. The lowest BCUT2D eigenvalue weighted by molar-refractivity contribution is 0.0593. The number of nitrogens with one attached hydrogen (secondary N) is 1. The lowest BCUT2D eigenvalue weighted by atomic mass is 9.94. The molecule has 3 aromatic rings. The van der Waals surface area contributed by atoms with Crippen LogP contribution in [0.3, 0.4) is 0 Å². The van der Waals surface area contributed by atoms with Crippen LogP contribution in [0.5, 0.6) is 5.75 Å². The van der Waals surface area contributed by atoms with Crippen molar-refractivity contribution in [3.8, 4) is 27.3 Å². The van der Waals surface area contributed by atoms with E-state index in [0.717, 1.165) is 21.7 Å². The fraction of sp³-hybridized carbons (Fsp3) is 0.280. The highest BCUT2D eigenvalue weighted by molar-refractivity contribution is 7.15. The Morgan fingerprint density at radius 1 is 1.18 bits per heavy atom. The minimum atomic E-state index is -1.16. The van der Waals surface area contributed by atoms with E-state index in [-0.39, 0.29) is 28.1 Å². The van der Waals surface area contributed by atoms with E-state index in [2.05, 4.69) is 16.4 Å². The minimum Gasteiger partial charge on any atom is -0.493 e. The Kier molecular flexibility index (Phi) is 6.65. The molecule has 176 valence electrons. The molecule has 0 unspecified atom stereocenters. The van der Waals surface area contributed by atoms with Gasteiger partial charge in [-0.25, -0.2) is 14.6 Å². The molecule has 0 aliphatic carbocycles. The summed E-state index contributed by atoms with van der Waals surface area (Å²) < 4.78 is 10.9. The van der Waals surface area contributed by atoms with E-state index in [1.54, 1.807) is 23.5 Å². The van der Waals surface area contributed by atoms with Gasteiger partial charge in [-0.15, -0.1) is 11.3 Å². The number of aromatic nitrogens is 1. The molecule has 0 atom stereocenters. The summed E-state index contributed by atoms with van der Waals surface area (Å²) >= 11 is 1.59. The summed E-state index contributed by atoms with van der Waals surface area (Å²) in [6.07, 6.45) is 1.46. The molecule has 0 saturated carbocycles. The molecule has 8 nitrogen and oxygen atoms in total. The van der Waals surface area contributed by atoms with E-state index in [1.165, 1.54) is 19.2 Å². The van der Waals surface area contributed by atoms with Crippen LogP contribution in [0.4, 0.5) is 0 Å². The van der Waals surface area contributed by atoms with Crippen molar-refractivity contribution in [3.05, 3.63) is 57.7 Å². The number of hydrogen-bond donors (Lipinski definition) is 2. The van der Waals surface area contributed by atoms with Gasteiger partial charge in [-0.2, -0.15) is 0 Å². The smallest absolute Gasteiger partial charge is 0.357 e. The predicted octanol–water partition coefficient (Wildman–Crippen LogP) is 4.35. The maximum atomic E-state index is 12.6. The number of fused-ring (bicyclic) bond motifs is 3. The number of benzene rings is 1. The van der Waals surface area contributed by atoms with Crippen molar-refractivity contribution in [2.75, 3.05) is 20.3 Å². The third kappa shape index (κ3) is 4.38. The molecular formula is C25H24N2O6S. The fourth-order valence-corrected chi connectivity index (χ4v) is 5.00. The number of carboxylic acids is 1. The molecular weight excluding hydrogens is 456 g/mol. The van der Waals surface area contributed by atoms with Crippen molar-refractivity contribution in [1.29, 1.82) is 0 Å². The van der Waals surface area contributed by atoms with Crippen molar-refractivity contribution in [2.24, 2.45) is 0 Å². The number of aryl methyl sites for hydroxylation is 1. The molecule has 1 amide bonds. The molecule has 0 spiro atoms. The summed E-state index contributed by atoms with van der Waals surface area (Å²) in [5.74, 6) is -1.83. The van der Waals surface area contributed by atoms with Crippen molar-refractivity contribution in [2.45, 2.75) is 26.7 Å². The molecule has 34 heavy (non-hydrogen) atoms. The first-order chi connectivity index (χ1) is 16.3. The summed E-state index contributed by atoms with van der Waals surface area (Å²) in [6, 6.07) is 8.28. The fourth-order valence-electron chi connectivity index (χ4n) is 3.91. The Labute approximate surface area is 200 Å². The molecule has 1 aromatic carbocycles. The van der Waals surface area contributed by atoms with Crippen LogP contribution in [-0.4, -0.2) is 48.2 Å². The van der Waals surface area contributed by atoms with Crippen molar-refractivity contribution < 1.29 is 29.0 Å². The van der Waals surface area contributed by atoms with Gasteiger partial charge in [0, 0.05) is 39.4 Å². The lowest BCUT2D eigenvalue weighted by Crippen LogP contribution is -2.25. The first kappa shape index (κ1) is 23.4. The molecule has 1 aliphatic rings. The highest BCUT2D eigenvalue weighted by Crippen LogP contribution is 2.44. The highest BCUT2D eigenvalue weighted by Gasteiger charge is 2.27. The number of ether oxygens (including phenoxy) is 2. The number of pyridine rings is 1. The number of amides is 1. The van der Waals surface area contributed by atoms with Gasteiger partial charge in [0.2, 0.25) is 0 Å². The van der Waals surface area contributed by atoms with Gasteiger partial charge < -0.3 is 19.9 Å². The van der Waals surface area contributed by atoms with Crippen LogP contribution in [-0.2, 0) is 11.2 Å². The summed E-state index contributed by atoms with van der Waals surface area (Å²) in [5, 5.41) is 12.8. The van der Waals surface area contributed by atoms with E-state index in [0.29, 0.717) is 30.9 Å². The summed E-state index contributed by atoms with van der Waals surface area (Å²) in [7, 11) is 1.20. The number of methoxy groups -OCH3 is 1. The number of hydrogen-bond acceptors (Lipinski definition) is 7. The van der Waals surface area contributed by atoms with Crippen molar-refractivity contribution in [1.82, 2.24) is 10.3 Å². The molecule has 0 fully saturated rings. The lowest BCUT2D eigenvalue weighted by Gasteiger charge is -2.15. The Morgan fingerprint density at radius 3 is 2.68 bits per heavy atom. The second kappa shape index (κ2) is 9.64. The second-order valence-corrected chi connectivity index (χ2v) is 9.11. The zero-order chi connectivity index (χ0) is 24.4. The van der Waals surface area contributed by atoms with Crippen LogP contribution in [0.25, 0.3) is 21.6 Å². The van der Waals surface area contributed by atoms with Crippen molar-refractivity contribution >= 4 is 29.2 Å². The van der Waals surface area contributed by atoms with Gasteiger partial charge in [-0.05, 0) is 49.2 Å². The average Bonchev–Trinajstić information content (AvgIpc) is 3.12. The highest BCUT2D eigenvalue weighted by atomic mass is 32.1. The van der Waals surface area contributed by atoms with E-state index in [1.807, 2.05) is 13.8 Å². The van der Waals surface area contributed by atoms with Crippen LogP contribution in [0.2, 0.25) is 0 Å². The third-order valence-corrected chi connectivity index (χ3v) is 6.61. The standard InChI is InChI=1S/C25H24N2O6S/c1-4-8-26-23(28)19-6-5-15(21(27-19)25(31)32-3)16-12-20-18(11-17(16)24(29)30)22-14(7-9-33-20)10-13(2)34-22/h5-6,10-12H,4,7-9H2,1-3H3,(H,26,28)(H,29,30). The number of esters is 1. The number of carbonyl (C=O) groups is 3. The second-order valence-electron chi connectivity index (χ2n) is 7.85. The van der Waals surface area contributed by atoms with E-state index < -0.39 is 17.8 Å². The SMILES string of the molecule is CCCNC(=O)c1ccc(-c2cc3c(cc2C(=O)O)-c2sc(C)cc2CCO3)c(C(=O)OC)n1. The maximum absolute atomic E-state index is 12.6. The minimum absolute atomic E-state index is 0.00334. The molecule has 1 aliphatic heterocycles. The largest absolute Gasteiger partial charge is 0.493 e. The Bertz CT molecular complexity index is 1300. The molecule has 4 rings (SSSR count). The number of rotatable bonds is 6. The average molecular weight is 481 g/mol. The van der Waals surface area contributed by atoms with Gasteiger partial charge in [0.15, 0.2) is 5.69 Å². The zero-order valence-corrected chi connectivity index (χ0v) is 19.9. The van der Waals surface area contributed by atoms with Gasteiger partial charge in [-0.3, -0.25) is 4.79 Å². The van der Waals surface area contributed by atoms with Gasteiger partial charge >= 0.3 is 11.9 Å². The first-order valence-corrected chi connectivity index (χ1v) is 11.7.